The van der Waals surface area contributed by atoms with Gasteiger partial charge in [0, 0.05) is 0 Å². The molecule has 0 aromatic heterocycles. The third kappa shape index (κ3) is 12.2. The first-order valence-corrected chi connectivity index (χ1v) is 21.9. The average Bonchev–Trinajstić information content (AvgIpc) is 3.34. The van der Waals surface area contributed by atoms with Crippen molar-refractivity contribution in [2.45, 2.75) is 79.1 Å². The van der Waals surface area contributed by atoms with Gasteiger partial charge < -0.3 is 42.6 Å². The lowest BCUT2D eigenvalue weighted by Crippen LogP contribution is -2.66. The van der Waals surface area contributed by atoms with E-state index in [0.29, 0.717) is 0 Å². The van der Waals surface area contributed by atoms with Gasteiger partial charge in [0.05, 0.1) is 40.0 Å². The normalized spacial score (nSPS) is 24.8. The van der Waals surface area contributed by atoms with E-state index < -0.39 is 101 Å². The van der Waals surface area contributed by atoms with Crippen LogP contribution in [0.5, 0.6) is 0 Å². The van der Waals surface area contributed by atoms with E-state index in [1.807, 2.05) is 0 Å². The third-order valence-corrected chi connectivity index (χ3v) is 11.0. The molecule has 1 N–H and O–H groups in total. The summed E-state index contributed by atoms with van der Waals surface area (Å²) >= 11 is 18.1. The predicted molar refractivity (Wildman–Crippen MR) is 241 cm³/mol. The number of carbonyl (C=O) groups is 5. The molecule has 2 aliphatic heterocycles. The molecule has 0 saturated carbocycles. The van der Waals surface area contributed by atoms with E-state index in [1.165, 1.54) is 74.5 Å². The standard InChI is InChI=1S/C49H42Cl3NO14/c1-28-35(61-41(54)30-18-8-3-9-19-30)37(63-43(56)32-22-12-5-13-23-32)39(64-44(57)33-24-14-6-15-25-33)46(59-28)66-38-36(62-42(55)31-20-10-4-11-21-31)29(2)60-47(67-48(53)49(50,51)52)40(38)65-45(58)34-26-16-7-17-27-34/h3-29,35-40,46-47,53H,1-2H3/t28-,29-,35+,36+,37+,38+,39+,40+,46-,47-/m0/s1. The van der Waals surface area contributed by atoms with Gasteiger partial charge in [-0.3, -0.25) is 5.41 Å². The zero-order chi connectivity index (χ0) is 47.7. The van der Waals surface area contributed by atoms with E-state index in [9.17, 15) is 24.0 Å². The Balaban J connectivity index is 1.35. The largest absolute Gasteiger partial charge is 0.453 e. The number of hydrogen-bond donors (Lipinski definition) is 1. The molecule has 0 bridgehead atoms. The second-order valence-corrected chi connectivity index (χ2v) is 17.4. The van der Waals surface area contributed by atoms with Crippen LogP contribution in [0.2, 0.25) is 0 Å². The van der Waals surface area contributed by atoms with E-state index in [-0.39, 0.29) is 27.8 Å². The van der Waals surface area contributed by atoms with Crippen LogP contribution in [0.15, 0.2) is 152 Å². The maximum Gasteiger partial charge on any atom is 0.338 e. The third-order valence-electron chi connectivity index (χ3n) is 10.5. The molecule has 2 aliphatic rings. The Kier molecular flexibility index (Phi) is 15.9. The molecule has 2 fully saturated rings. The minimum absolute atomic E-state index is 0.0566. The highest BCUT2D eigenvalue weighted by Crippen LogP contribution is 2.38. The number of ether oxygens (including phenoxy) is 9. The van der Waals surface area contributed by atoms with Gasteiger partial charge in [0.1, 0.15) is 6.10 Å². The van der Waals surface area contributed by atoms with Crippen LogP contribution in [0.25, 0.3) is 0 Å². The van der Waals surface area contributed by atoms with E-state index >= 15 is 0 Å². The Morgan fingerprint density at radius 3 is 1.00 bits per heavy atom. The van der Waals surface area contributed by atoms with Gasteiger partial charge in [-0.05, 0) is 74.5 Å². The molecule has 0 radical (unpaired) electrons. The van der Waals surface area contributed by atoms with Crippen molar-refractivity contribution in [2.24, 2.45) is 0 Å². The van der Waals surface area contributed by atoms with Gasteiger partial charge >= 0.3 is 29.8 Å². The summed E-state index contributed by atoms with van der Waals surface area (Å²) in [4.78, 5) is 69.7. The summed E-state index contributed by atoms with van der Waals surface area (Å²) in [5, 5.41) is 8.46. The molecule has 5 aromatic carbocycles. The zero-order valence-corrected chi connectivity index (χ0v) is 37.8. The highest BCUT2D eigenvalue weighted by Gasteiger charge is 2.57. The minimum Gasteiger partial charge on any atom is -0.453 e. The summed E-state index contributed by atoms with van der Waals surface area (Å²) in [6, 6.07) is 39.4. The van der Waals surface area contributed by atoms with Crippen LogP contribution in [0.1, 0.15) is 65.6 Å². The summed E-state index contributed by atoms with van der Waals surface area (Å²) in [5.74, 6) is -5.42. The van der Waals surface area contributed by atoms with Crippen molar-refractivity contribution in [3.63, 3.8) is 0 Å². The monoisotopic (exact) mass is 973 g/mol. The van der Waals surface area contributed by atoms with E-state index in [2.05, 4.69) is 0 Å². The number of rotatable bonds is 13. The summed E-state index contributed by atoms with van der Waals surface area (Å²) in [5.41, 5.74) is 0.481. The molecule has 15 nitrogen and oxygen atoms in total. The Labute approximate surface area is 399 Å². The van der Waals surface area contributed by atoms with Gasteiger partial charge in [0.15, 0.2) is 36.8 Å². The Morgan fingerprint density at radius 2 is 0.672 bits per heavy atom. The Bertz CT molecular complexity index is 2500. The minimum atomic E-state index is -2.44. The van der Waals surface area contributed by atoms with Gasteiger partial charge in [-0.2, -0.15) is 0 Å². The fourth-order valence-electron chi connectivity index (χ4n) is 7.18. The molecule has 18 heteroatoms. The second-order valence-electron chi connectivity index (χ2n) is 15.1. The summed E-state index contributed by atoms with van der Waals surface area (Å²) in [7, 11) is 0. The lowest BCUT2D eigenvalue weighted by Gasteiger charge is -2.48. The second kappa shape index (κ2) is 22.0. The first-order chi connectivity index (χ1) is 32.2. The molecule has 348 valence electrons. The average molecular weight is 975 g/mol. The van der Waals surface area contributed by atoms with E-state index in [1.54, 1.807) is 91.0 Å². The summed E-state index contributed by atoms with van der Waals surface area (Å²) < 4.78 is 53.1. The molecule has 2 saturated heterocycles. The molecule has 0 aliphatic carbocycles. The van der Waals surface area contributed by atoms with Gasteiger partial charge in [0.25, 0.3) is 3.79 Å². The van der Waals surface area contributed by atoms with Gasteiger partial charge in [-0.15, -0.1) is 0 Å². The maximum absolute atomic E-state index is 14.1. The lowest BCUT2D eigenvalue weighted by atomic mass is 9.96. The predicted octanol–water partition coefficient (Wildman–Crippen LogP) is 8.35. The quantitative estimate of drug-likeness (QED) is 0.0389. The van der Waals surface area contributed by atoms with Crippen LogP contribution >= 0.6 is 34.8 Å². The Hall–Kier alpha value is -6.33. The molecule has 67 heavy (non-hydrogen) atoms. The highest BCUT2D eigenvalue weighted by atomic mass is 35.6. The van der Waals surface area contributed by atoms with Crippen LogP contribution < -0.4 is 0 Å². The van der Waals surface area contributed by atoms with Crippen molar-refractivity contribution in [1.29, 1.82) is 5.41 Å². The number of halogens is 3. The van der Waals surface area contributed by atoms with Crippen molar-refractivity contribution in [3.8, 4) is 0 Å². The maximum atomic E-state index is 14.1. The van der Waals surface area contributed by atoms with Crippen molar-refractivity contribution in [2.75, 3.05) is 0 Å². The molecule has 10 atom stereocenters. The first kappa shape index (κ1) is 48.6. The van der Waals surface area contributed by atoms with E-state index in [0.717, 1.165) is 0 Å². The number of nitrogens with one attached hydrogen (secondary N) is 1. The van der Waals surface area contributed by atoms with Crippen LogP contribution in [0.3, 0.4) is 0 Å². The van der Waals surface area contributed by atoms with E-state index in [4.69, 9.17) is 82.8 Å². The SMILES string of the molecule is C[C@@H]1O[C@@H](O[C@H]2[C@@H](OC(=O)c3ccccc3)[C@H](OC(=N)C(Cl)(Cl)Cl)O[C@@H](C)[C@H]2OC(=O)c2ccccc2)[C@H](OC(=O)c2ccccc2)[C@H](OC(=O)c2ccccc2)[C@@H]1OC(=O)c1ccccc1. The number of carbonyl (C=O) groups excluding carboxylic acids is 5. The van der Waals surface area contributed by atoms with Crippen molar-refractivity contribution in [3.05, 3.63) is 179 Å². The van der Waals surface area contributed by atoms with Gasteiger partial charge in [0.2, 0.25) is 12.2 Å². The van der Waals surface area contributed by atoms with Gasteiger partial charge in [-0.25, -0.2) is 24.0 Å². The molecule has 0 spiro atoms. The molecule has 5 aromatic rings. The van der Waals surface area contributed by atoms with Crippen molar-refractivity contribution < 1.29 is 66.6 Å². The van der Waals surface area contributed by atoms with Crippen molar-refractivity contribution >= 4 is 70.5 Å². The van der Waals surface area contributed by atoms with Crippen LogP contribution in [-0.4, -0.2) is 101 Å². The number of esters is 5. The molecule has 0 unspecified atom stereocenters. The fourth-order valence-corrected chi connectivity index (χ4v) is 7.32. The summed E-state index contributed by atoms with van der Waals surface area (Å²) in [6.07, 6.45) is -16.1. The topological polar surface area (TPSA) is 192 Å². The molecule has 7 rings (SSSR count). The Morgan fingerprint density at radius 1 is 0.403 bits per heavy atom. The van der Waals surface area contributed by atoms with Crippen LogP contribution in [0.4, 0.5) is 0 Å². The number of alkyl halides is 3. The highest BCUT2D eigenvalue weighted by molar-refractivity contribution is 6.76. The smallest absolute Gasteiger partial charge is 0.338 e. The first-order valence-electron chi connectivity index (χ1n) is 20.8. The van der Waals surface area contributed by atoms with Crippen molar-refractivity contribution in [1.82, 2.24) is 0 Å². The molecule has 2 heterocycles. The molecular formula is C49H42Cl3NO14. The number of benzene rings is 5. The fraction of sp³-hybridized carbons (Fsp3) is 0.265. The van der Waals surface area contributed by atoms with Crippen LogP contribution in [0, 0.1) is 5.41 Å². The molecular weight excluding hydrogens is 933 g/mol. The van der Waals surface area contributed by atoms with Gasteiger partial charge in [-0.1, -0.05) is 126 Å². The zero-order valence-electron chi connectivity index (χ0n) is 35.6. The summed E-state index contributed by atoms with van der Waals surface area (Å²) in [6.45, 7) is 2.98. The molecule has 0 amide bonds. The lowest BCUT2D eigenvalue weighted by molar-refractivity contribution is -0.345. The van der Waals surface area contributed by atoms with Crippen LogP contribution in [-0.2, 0) is 42.6 Å². The number of hydrogen-bond acceptors (Lipinski definition) is 15.